The average Bonchev–Trinajstić information content (AvgIpc) is 2.04. The molecular formula is C8H11BrN2O. The van der Waals surface area contributed by atoms with Gasteiger partial charge >= 0.3 is 0 Å². The van der Waals surface area contributed by atoms with E-state index >= 15 is 0 Å². The molecule has 1 heterocycles. The zero-order chi connectivity index (χ0) is 9.14. The summed E-state index contributed by atoms with van der Waals surface area (Å²) in [5.41, 5.74) is 6.38. The maximum Gasteiger partial charge on any atom is 0.0742 e. The van der Waals surface area contributed by atoms with E-state index in [0.29, 0.717) is 5.69 Å². The van der Waals surface area contributed by atoms with Crippen molar-refractivity contribution >= 4 is 15.9 Å². The van der Waals surface area contributed by atoms with Crippen molar-refractivity contribution in [2.24, 2.45) is 5.73 Å². The number of aliphatic hydroxyl groups is 1. The highest BCUT2D eigenvalue weighted by Gasteiger charge is 2.15. The summed E-state index contributed by atoms with van der Waals surface area (Å²) in [6.07, 6.45) is 1.07. The van der Waals surface area contributed by atoms with Gasteiger partial charge in [0.25, 0.3) is 0 Å². The first-order valence-corrected chi connectivity index (χ1v) is 4.46. The third-order valence-electron chi connectivity index (χ3n) is 1.62. The first-order valence-electron chi connectivity index (χ1n) is 3.67. The van der Waals surface area contributed by atoms with Crippen molar-refractivity contribution in [1.82, 2.24) is 4.98 Å². The molecule has 0 aliphatic rings. The maximum atomic E-state index is 9.21. The average molecular weight is 231 g/mol. The summed E-state index contributed by atoms with van der Waals surface area (Å²) in [6.45, 7) is 1.64. The first-order chi connectivity index (χ1) is 5.63. The highest BCUT2D eigenvalue weighted by molar-refractivity contribution is 9.10. The van der Waals surface area contributed by atoms with Crippen LogP contribution < -0.4 is 5.73 Å². The van der Waals surface area contributed by atoms with Gasteiger partial charge in [0, 0.05) is 10.7 Å². The Morgan fingerprint density at radius 1 is 1.67 bits per heavy atom. The summed E-state index contributed by atoms with van der Waals surface area (Å²) >= 11 is 3.31. The van der Waals surface area contributed by atoms with E-state index in [1.165, 1.54) is 0 Å². The van der Waals surface area contributed by atoms with E-state index < -0.39 is 12.1 Å². The van der Waals surface area contributed by atoms with E-state index in [1.807, 2.05) is 12.1 Å². The summed E-state index contributed by atoms with van der Waals surface area (Å²) in [6, 6.07) is 3.23. The topological polar surface area (TPSA) is 59.1 Å². The predicted octanol–water partition coefficient (Wildman–Crippen LogP) is 1.22. The second-order valence-corrected chi connectivity index (χ2v) is 3.49. The Morgan fingerprint density at radius 3 is 2.83 bits per heavy atom. The minimum Gasteiger partial charge on any atom is -0.391 e. The van der Waals surface area contributed by atoms with Crippen molar-refractivity contribution in [3.8, 4) is 0 Å². The molecule has 0 aliphatic heterocycles. The van der Waals surface area contributed by atoms with E-state index in [-0.39, 0.29) is 0 Å². The molecule has 0 saturated carbocycles. The Hall–Kier alpha value is -0.450. The van der Waals surface area contributed by atoms with Crippen molar-refractivity contribution in [3.05, 3.63) is 28.5 Å². The molecule has 0 aromatic carbocycles. The van der Waals surface area contributed by atoms with Crippen LogP contribution in [0.1, 0.15) is 18.7 Å². The van der Waals surface area contributed by atoms with Crippen molar-refractivity contribution in [3.63, 3.8) is 0 Å². The second kappa shape index (κ2) is 3.98. The number of nitrogens with zero attached hydrogens (tertiary/aromatic N) is 1. The molecule has 1 aromatic heterocycles. The summed E-state index contributed by atoms with van der Waals surface area (Å²) in [5, 5.41) is 9.21. The van der Waals surface area contributed by atoms with Gasteiger partial charge in [-0.3, -0.25) is 4.98 Å². The molecule has 66 valence electrons. The Kier molecular flexibility index (Phi) is 3.20. The van der Waals surface area contributed by atoms with Crippen LogP contribution in [-0.4, -0.2) is 16.2 Å². The van der Waals surface area contributed by atoms with Crippen LogP contribution in [0.5, 0.6) is 0 Å². The smallest absolute Gasteiger partial charge is 0.0742 e. The molecule has 12 heavy (non-hydrogen) atoms. The molecule has 4 heteroatoms. The molecule has 0 bridgehead atoms. The maximum absolute atomic E-state index is 9.21. The van der Waals surface area contributed by atoms with Crippen molar-refractivity contribution < 1.29 is 5.11 Å². The minimum absolute atomic E-state index is 0.430. The Labute approximate surface area is 79.7 Å². The molecule has 0 fully saturated rings. The lowest BCUT2D eigenvalue weighted by Crippen LogP contribution is -2.24. The number of pyridine rings is 1. The molecular weight excluding hydrogens is 220 g/mol. The van der Waals surface area contributed by atoms with Gasteiger partial charge in [-0.05, 0) is 35.0 Å². The van der Waals surface area contributed by atoms with Gasteiger partial charge in [-0.1, -0.05) is 0 Å². The molecule has 3 N–H and O–H groups in total. The summed E-state index contributed by atoms with van der Waals surface area (Å²) in [5.74, 6) is 0. The Morgan fingerprint density at radius 2 is 2.33 bits per heavy atom. The monoisotopic (exact) mass is 230 g/mol. The van der Waals surface area contributed by atoms with Crippen molar-refractivity contribution in [2.45, 2.75) is 19.1 Å². The summed E-state index contributed by atoms with van der Waals surface area (Å²) < 4.78 is 0.832. The van der Waals surface area contributed by atoms with Gasteiger partial charge in [0.05, 0.1) is 17.8 Å². The van der Waals surface area contributed by atoms with Gasteiger partial charge in [0.15, 0.2) is 0 Å². The van der Waals surface area contributed by atoms with Crippen LogP contribution in [0.15, 0.2) is 22.8 Å². The summed E-state index contributed by atoms with van der Waals surface area (Å²) in [7, 11) is 0. The molecule has 0 aliphatic carbocycles. The molecule has 2 atom stereocenters. The van der Waals surface area contributed by atoms with E-state index in [2.05, 4.69) is 20.9 Å². The number of rotatable bonds is 2. The predicted molar refractivity (Wildman–Crippen MR) is 50.5 cm³/mol. The number of hydrogen-bond acceptors (Lipinski definition) is 3. The van der Waals surface area contributed by atoms with Gasteiger partial charge < -0.3 is 10.8 Å². The molecule has 1 aromatic rings. The highest BCUT2D eigenvalue weighted by Crippen LogP contribution is 2.20. The fraction of sp³-hybridized carbons (Fsp3) is 0.375. The van der Waals surface area contributed by atoms with E-state index in [4.69, 9.17) is 5.73 Å². The number of halogens is 1. The highest BCUT2D eigenvalue weighted by atomic mass is 79.9. The van der Waals surface area contributed by atoms with Crippen LogP contribution in [-0.2, 0) is 0 Å². The Balaban J connectivity index is 2.94. The zero-order valence-corrected chi connectivity index (χ0v) is 8.32. The third kappa shape index (κ3) is 2.03. The zero-order valence-electron chi connectivity index (χ0n) is 6.74. The van der Waals surface area contributed by atoms with Crippen LogP contribution in [0.3, 0.4) is 0 Å². The van der Waals surface area contributed by atoms with Crippen molar-refractivity contribution in [1.29, 1.82) is 0 Å². The van der Waals surface area contributed by atoms with Gasteiger partial charge in [0.1, 0.15) is 0 Å². The molecule has 0 saturated heterocycles. The molecule has 0 radical (unpaired) electrons. The number of aliphatic hydroxyl groups excluding tert-OH is 1. The van der Waals surface area contributed by atoms with Crippen LogP contribution >= 0.6 is 15.9 Å². The number of hydrogen-bond donors (Lipinski definition) is 2. The quantitative estimate of drug-likeness (QED) is 0.804. The molecule has 1 rings (SSSR count). The third-order valence-corrected chi connectivity index (χ3v) is 2.29. The molecule has 3 nitrogen and oxygen atoms in total. The standard InChI is InChI=1S/C8H11BrN2O/c1-5(12)7(10)8-6(9)3-2-4-11-8/h2-5,7,12H,10H2,1H3. The molecule has 2 unspecified atom stereocenters. The minimum atomic E-state index is -0.587. The number of aromatic nitrogens is 1. The second-order valence-electron chi connectivity index (χ2n) is 2.64. The van der Waals surface area contributed by atoms with Gasteiger partial charge in [-0.2, -0.15) is 0 Å². The van der Waals surface area contributed by atoms with Crippen molar-refractivity contribution in [2.75, 3.05) is 0 Å². The summed E-state index contributed by atoms with van der Waals surface area (Å²) in [4.78, 5) is 4.07. The fourth-order valence-electron chi connectivity index (χ4n) is 0.872. The Bertz CT molecular complexity index is 265. The van der Waals surface area contributed by atoms with Crippen LogP contribution in [0.25, 0.3) is 0 Å². The molecule has 0 spiro atoms. The van der Waals surface area contributed by atoms with Crippen LogP contribution in [0, 0.1) is 0 Å². The van der Waals surface area contributed by atoms with E-state index in [0.717, 1.165) is 4.47 Å². The lowest BCUT2D eigenvalue weighted by molar-refractivity contribution is 0.162. The lowest BCUT2D eigenvalue weighted by Gasteiger charge is -2.14. The molecule has 0 amide bonds. The largest absolute Gasteiger partial charge is 0.391 e. The number of nitrogens with two attached hydrogens (primary N) is 1. The van der Waals surface area contributed by atoms with E-state index in [1.54, 1.807) is 13.1 Å². The van der Waals surface area contributed by atoms with Gasteiger partial charge in [-0.15, -0.1) is 0 Å². The lowest BCUT2D eigenvalue weighted by atomic mass is 10.1. The first kappa shape index (κ1) is 9.64. The SMILES string of the molecule is CC(O)C(N)c1ncccc1Br. The van der Waals surface area contributed by atoms with Crippen LogP contribution in [0.4, 0.5) is 0 Å². The van der Waals surface area contributed by atoms with Crippen LogP contribution in [0.2, 0.25) is 0 Å². The van der Waals surface area contributed by atoms with E-state index in [9.17, 15) is 5.11 Å². The normalized spacial score (nSPS) is 15.7. The fourth-order valence-corrected chi connectivity index (χ4v) is 1.39. The van der Waals surface area contributed by atoms with Gasteiger partial charge in [-0.25, -0.2) is 0 Å². The van der Waals surface area contributed by atoms with Gasteiger partial charge in [0.2, 0.25) is 0 Å².